The van der Waals surface area contributed by atoms with Crippen LogP contribution in [0.25, 0.3) is 0 Å². The summed E-state index contributed by atoms with van der Waals surface area (Å²) in [5, 5.41) is 21.2. The Labute approximate surface area is 126 Å². The molecule has 0 atom stereocenters. The van der Waals surface area contributed by atoms with Crippen LogP contribution >= 0.6 is 0 Å². The van der Waals surface area contributed by atoms with Crippen LogP contribution in [0.2, 0.25) is 0 Å². The Balaban J connectivity index is 2.70. The summed E-state index contributed by atoms with van der Waals surface area (Å²) in [5.41, 5.74) is -0.624. The van der Waals surface area contributed by atoms with Crippen molar-refractivity contribution in [2.75, 3.05) is 19.7 Å². The molecule has 0 aliphatic heterocycles. The molecule has 0 saturated heterocycles. The van der Waals surface area contributed by atoms with Crippen molar-refractivity contribution >= 4 is 12.0 Å². The number of carbonyl (C=O) groups excluding carboxylic acids is 1. The Bertz CT molecular complexity index is 341. The number of unbranched alkanes of at least 4 members (excludes halogenated alkanes) is 1. The largest absolute Gasteiger partial charge is 0.481 e. The summed E-state index contributed by atoms with van der Waals surface area (Å²) in [6, 6.07) is -0.249. The number of aliphatic hydroxyl groups is 1. The quantitative estimate of drug-likeness (QED) is 0.639. The van der Waals surface area contributed by atoms with Gasteiger partial charge in [0.1, 0.15) is 0 Å². The third-order valence-electron chi connectivity index (χ3n) is 4.11. The van der Waals surface area contributed by atoms with E-state index in [2.05, 4.69) is 5.32 Å². The Morgan fingerprint density at radius 2 is 1.86 bits per heavy atom. The van der Waals surface area contributed by atoms with Gasteiger partial charge in [0.05, 0.1) is 18.6 Å². The van der Waals surface area contributed by atoms with E-state index in [-0.39, 0.29) is 25.6 Å². The smallest absolute Gasteiger partial charge is 0.317 e. The molecular weight excluding hydrogens is 272 g/mol. The zero-order valence-corrected chi connectivity index (χ0v) is 12.9. The van der Waals surface area contributed by atoms with Crippen LogP contribution in [0.4, 0.5) is 4.79 Å². The lowest BCUT2D eigenvalue weighted by Gasteiger charge is -2.38. The molecule has 3 N–H and O–H groups in total. The molecule has 1 aliphatic rings. The molecule has 0 spiro atoms. The molecule has 6 nitrogen and oxygen atoms in total. The number of hydrogen-bond acceptors (Lipinski definition) is 3. The number of nitrogens with zero attached hydrogens (tertiary/aromatic N) is 1. The summed E-state index contributed by atoms with van der Waals surface area (Å²) in [6.45, 7) is 2.84. The van der Waals surface area contributed by atoms with Gasteiger partial charge < -0.3 is 20.4 Å². The standard InChI is InChI=1S/C15H28N2O4/c1-2-3-9-17(10-11-18)14(21)16-15(12-13(19)20)7-5-4-6-8-15/h18H,2-12H2,1H3,(H,16,21)(H,19,20). The fourth-order valence-corrected chi connectivity index (χ4v) is 2.95. The predicted octanol–water partition coefficient (Wildman–Crippen LogP) is 1.97. The lowest BCUT2D eigenvalue weighted by Crippen LogP contribution is -2.55. The number of urea groups is 1. The van der Waals surface area contributed by atoms with Gasteiger partial charge in [-0.3, -0.25) is 4.79 Å². The monoisotopic (exact) mass is 300 g/mol. The minimum atomic E-state index is -0.875. The Morgan fingerprint density at radius 3 is 2.38 bits per heavy atom. The highest BCUT2D eigenvalue weighted by atomic mass is 16.4. The lowest BCUT2D eigenvalue weighted by atomic mass is 9.79. The first-order chi connectivity index (χ1) is 10.0. The number of carboxylic acid groups (broad SMARTS) is 1. The van der Waals surface area contributed by atoms with Gasteiger partial charge in [0.2, 0.25) is 0 Å². The van der Waals surface area contributed by atoms with Crippen LogP contribution in [0.3, 0.4) is 0 Å². The van der Waals surface area contributed by atoms with E-state index in [1.165, 1.54) is 0 Å². The molecule has 21 heavy (non-hydrogen) atoms. The van der Waals surface area contributed by atoms with Crippen LogP contribution in [0, 0.1) is 0 Å². The second-order valence-electron chi connectivity index (χ2n) is 5.91. The molecule has 0 radical (unpaired) electrons. The minimum absolute atomic E-state index is 0.0283. The zero-order chi connectivity index (χ0) is 15.7. The fourth-order valence-electron chi connectivity index (χ4n) is 2.95. The summed E-state index contributed by atoms with van der Waals surface area (Å²) in [4.78, 5) is 25.1. The number of aliphatic carboxylic acids is 1. The number of carbonyl (C=O) groups is 2. The van der Waals surface area contributed by atoms with Crippen LogP contribution < -0.4 is 5.32 Å². The van der Waals surface area contributed by atoms with Crippen LogP contribution in [0.1, 0.15) is 58.3 Å². The molecule has 0 heterocycles. The summed E-state index contributed by atoms with van der Waals surface area (Å²) in [6.07, 6.45) is 6.23. The van der Waals surface area contributed by atoms with Gasteiger partial charge in [-0.25, -0.2) is 4.79 Å². The summed E-state index contributed by atoms with van der Waals surface area (Å²) < 4.78 is 0. The molecule has 0 aromatic rings. The average Bonchev–Trinajstić information content (AvgIpc) is 2.43. The van der Waals surface area contributed by atoms with E-state index in [1.54, 1.807) is 4.90 Å². The van der Waals surface area contributed by atoms with Crippen molar-refractivity contribution in [3.63, 3.8) is 0 Å². The molecule has 1 saturated carbocycles. The number of amides is 2. The molecule has 6 heteroatoms. The number of aliphatic hydroxyl groups excluding tert-OH is 1. The molecule has 1 fully saturated rings. The highest BCUT2D eigenvalue weighted by Crippen LogP contribution is 2.31. The molecule has 1 rings (SSSR count). The molecule has 1 aliphatic carbocycles. The van der Waals surface area contributed by atoms with Gasteiger partial charge in [-0.1, -0.05) is 32.6 Å². The highest BCUT2D eigenvalue weighted by Gasteiger charge is 2.36. The number of carboxylic acids is 1. The lowest BCUT2D eigenvalue weighted by molar-refractivity contribution is -0.139. The van der Waals surface area contributed by atoms with Crippen LogP contribution in [0.15, 0.2) is 0 Å². The third kappa shape index (κ3) is 5.91. The normalized spacial score (nSPS) is 17.2. The third-order valence-corrected chi connectivity index (χ3v) is 4.11. The number of rotatable bonds is 8. The molecule has 122 valence electrons. The van der Waals surface area contributed by atoms with E-state index < -0.39 is 11.5 Å². The van der Waals surface area contributed by atoms with Gasteiger partial charge in [-0.05, 0) is 19.3 Å². The average molecular weight is 300 g/mol. The summed E-state index contributed by atoms with van der Waals surface area (Å²) in [7, 11) is 0. The van der Waals surface area contributed by atoms with E-state index >= 15 is 0 Å². The second-order valence-corrected chi connectivity index (χ2v) is 5.91. The van der Waals surface area contributed by atoms with Gasteiger partial charge in [0.25, 0.3) is 0 Å². The van der Waals surface area contributed by atoms with Gasteiger partial charge in [-0.15, -0.1) is 0 Å². The molecule has 0 bridgehead atoms. The molecule has 0 unspecified atom stereocenters. The van der Waals surface area contributed by atoms with E-state index in [1.807, 2.05) is 6.92 Å². The Morgan fingerprint density at radius 1 is 1.19 bits per heavy atom. The second kappa shape index (κ2) is 8.87. The van der Waals surface area contributed by atoms with Crippen LogP contribution in [-0.2, 0) is 4.79 Å². The zero-order valence-electron chi connectivity index (χ0n) is 12.9. The van der Waals surface area contributed by atoms with Crippen molar-refractivity contribution in [1.82, 2.24) is 10.2 Å². The van der Waals surface area contributed by atoms with Gasteiger partial charge in [0.15, 0.2) is 0 Å². The van der Waals surface area contributed by atoms with Crippen molar-refractivity contribution < 1.29 is 19.8 Å². The summed E-state index contributed by atoms with van der Waals surface area (Å²) >= 11 is 0. The van der Waals surface area contributed by atoms with Gasteiger partial charge in [-0.2, -0.15) is 0 Å². The molecule has 0 aromatic heterocycles. The predicted molar refractivity (Wildman–Crippen MR) is 80.2 cm³/mol. The first-order valence-electron chi connectivity index (χ1n) is 7.93. The topological polar surface area (TPSA) is 89.9 Å². The van der Waals surface area contributed by atoms with E-state index in [4.69, 9.17) is 10.2 Å². The van der Waals surface area contributed by atoms with E-state index in [0.717, 1.165) is 32.1 Å². The fraction of sp³-hybridized carbons (Fsp3) is 0.867. The number of nitrogens with one attached hydrogen (secondary N) is 1. The van der Waals surface area contributed by atoms with Crippen molar-refractivity contribution in [2.45, 2.75) is 63.8 Å². The van der Waals surface area contributed by atoms with Crippen LogP contribution in [-0.4, -0.2) is 52.3 Å². The SMILES string of the molecule is CCCCN(CCO)C(=O)NC1(CC(=O)O)CCCCC1. The maximum atomic E-state index is 12.4. The maximum absolute atomic E-state index is 12.4. The first-order valence-corrected chi connectivity index (χ1v) is 7.93. The molecule has 0 aromatic carbocycles. The first kappa shape index (κ1) is 17.8. The maximum Gasteiger partial charge on any atom is 0.317 e. The number of hydrogen-bond donors (Lipinski definition) is 3. The summed E-state index contributed by atoms with van der Waals surface area (Å²) in [5.74, 6) is -0.875. The minimum Gasteiger partial charge on any atom is -0.481 e. The van der Waals surface area contributed by atoms with Crippen molar-refractivity contribution in [1.29, 1.82) is 0 Å². The van der Waals surface area contributed by atoms with Crippen molar-refractivity contribution in [2.24, 2.45) is 0 Å². The van der Waals surface area contributed by atoms with Gasteiger partial charge in [0, 0.05) is 13.1 Å². The van der Waals surface area contributed by atoms with Crippen LogP contribution in [0.5, 0.6) is 0 Å². The Kier molecular flexibility index (Phi) is 7.50. The van der Waals surface area contributed by atoms with E-state index in [9.17, 15) is 9.59 Å². The molecular formula is C15H28N2O4. The highest BCUT2D eigenvalue weighted by molar-refractivity contribution is 5.77. The van der Waals surface area contributed by atoms with E-state index in [0.29, 0.717) is 19.4 Å². The Hall–Kier alpha value is -1.30. The van der Waals surface area contributed by atoms with Gasteiger partial charge >= 0.3 is 12.0 Å². The molecule has 2 amide bonds. The van der Waals surface area contributed by atoms with Crippen molar-refractivity contribution in [3.05, 3.63) is 0 Å². The van der Waals surface area contributed by atoms with Crippen molar-refractivity contribution in [3.8, 4) is 0 Å².